The minimum absolute atomic E-state index is 0.132. The van der Waals surface area contributed by atoms with Crippen LogP contribution in [0.4, 0.5) is 10.1 Å². The van der Waals surface area contributed by atoms with Crippen LogP contribution in [0.25, 0.3) is 11.4 Å². The average molecular weight is 378 g/mol. The van der Waals surface area contributed by atoms with Crippen molar-refractivity contribution in [3.63, 3.8) is 0 Å². The molecule has 28 heavy (non-hydrogen) atoms. The summed E-state index contributed by atoms with van der Waals surface area (Å²) >= 11 is 0. The summed E-state index contributed by atoms with van der Waals surface area (Å²) in [7, 11) is 0. The Hall–Kier alpha value is -3.02. The van der Waals surface area contributed by atoms with Crippen LogP contribution < -0.4 is 5.32 Å². The topological polar surface area (TPSA) is 59.8 Å². The molecule has 0 bridgehead atoms. The summed E-state index contributed by atoms with van der Waals surface area (Å²) in [4.78, 5) is 12.5. The third-order valence-corrected chi connectivity index (χ3v) is 5.21. The van der Waals surface area contributed by atoms with Crippen molar-refractivity contribution in [2.45, 2.75) is 45.6 Å². The van der Waals surface area contributed by atoms with Crippen LogP contribution in [-0.4, -0.2) is 20.7 Å². The molecule has 2 heterocycles. The SMILES string of the molecule is Cc1ccccc1CC(=O)Nc1ccc(F)c(-c2nnc3n2CCCCC3)c1. The number of rotatable bonds is 4. The van der Waals surface area contributed by atoms with Gasteiger partial charge in [-0.2, -0.15) is 0 Å². The van der Waals surface area contributed by atoms with Crippen molar-refractivity contribution in [1.29, 1.82) is 0 Å². The molecule has 0 atom stereocenters. The number of anilines is 1. The molecular weight excluding hydrogens is 355 g/mol. The average Bonchev–Trinajstić information content (AvgIpc) is 2.93. The zero-order chi connectivity index (χ0) is 19.5. The van der Waals surface area contributed by atoms with E-state index in [9.17, 15) is 9.18 Å². The Kier molecular flexibility index (Phi) is 5.19. The zero-order valence-corrected chi connectivity index (χ0v) is 15.9. The molecule has 0 spiro atoms. The number of hydrogen-bond donors (Lipinski definition) is 1. The summed E-state index contributed by atoms with van der Waals surface area (Å²) in [5.74, 6) is 0.938. The monoisotopic (exact) mass is 378 g/mol. The number of aromatic nitrogens is 3. The van der Waals surface area contributed by atoms with Gasteiger partial charge in [0.15, 0.2) is 5.82 Å². The lowest BCUT2D eigenvalue weighted by atomic mass is 10.1. The van der Waals surface area contributed by atoms with E-state index >= 15 is 0 Å². The maximum absolute atomic E-state index is 14.5. The number of nitrogens with zero attached hydrogens (tertiary/aromatic N) is 3. The van der Waals surface area contributed by atoms with Crippen LogP contribution in [0, 0.1) is 12.7 Å². The summed E-state index contributed by atoms with van der Waals surface area (Å²) in [5, 5.41) is 11.4. The summed E-state index contributed by atoms with van der Waals surface area (Å²) in [6.45, 7) is 2.77. The quantitative estimate of drug-likeness (QED) is 0.736. The third-order valence-electron chi connectivity index (χ3n) is 5.21. The Balaban J connectivity index is 1.57. The van der Waals surface area contributed by atoms with E-state index in [-0.39, 0.29) is 18.1 Å². The molecule has 0 fully saturated rings. The Labute approximate surface area is 163 Å². The van der Waals surface area contributed by atoms with Gasteiger partial charge in [0.25, 0.3) is 0 Å². The molecule has 0 saturated heterocycles. The normalized spacial score (nSPS) is 13.6. The number of aryl methyl sites for hydroxylation is 2. The maximum Gasteiger partial charge on any atom is 0.228 e. The van der Waals surface area contributed by atoms with Crippen LogP contribution >= 0.6 is 0 Å². The molecule has 1 aliphatic rings. The van der Waals surface area contributed by atoms with Gasteiger partial charge in [-0.1, -0.05) is 30.7 Å². The van der Waals surface area contributed by atoms with Gasteiger partial charge in [-0.05, 0) is 49.1 Å². The summed E-state index contributed by atoms with van der Waals surface area (Å²) in [6.07, 6.45) is 4.39. The van der Waals surface area contributed by atoms with Crippen molar-refractivity contribution in [1.82, 2.24) is 14.8 Å². The van der Waals surface area contributed by atoms with E-state index in [1.807, 2.05) is 35.8 Å². The van der Waals surface area contributed by atoms with Crippen LogP contribution in [0.15, 0.2) is 42.5 Å². The first kappa shape index (κ1) is 18.3. The Morgan fingerprint density at radius 3 is 2.86 bits per heavy atom. The number of halogens is 1. The zero-order valence-electron chi connectivity index (χ0n) is 15.9. The van der Waals surface area contributed by atoms with Crippen molar-refractivity contribution >= 4 is 11.6 Å². The first-order valence-corrected chi connectivity index (χ1v) is 9.68. The minimum Gasteiger partial charge on any atom is -0.326 e. The molecule has 1 aromatic heterocycles. The summed E-state index contributed by atoms with van der Waals surface area (Å²) < 4.78 is 16.6. The minimum atomic E-state index is -0.364. The molecule has 1 N–H and O–H groups in total. The van der Waals surface area contributed by atoms with Crippen LogP contribution in [-0.2, 0) is 24.2 Å². The van der Waals surface area contributed by atoms with Gasteiger partial charge in [0, 0.05) is 18.7 Å². The summed E-state index contributed by atoms with van der Waals surface area (Å²) in [5.41, 5.74) is 2.98. The van der Waals surface area contributed by atoms with Crippen molar-refractivity contribution in [3.8, 4) is 11.4 Å². The second-order valence-electron chi connectivity index (χ2n) is 7.25. The van der Waals surface area contributed by atoms with Gasteiger partial charge in [-0.25, -0.2) is 4.39 Å². The van der Waals surface area contributed by atoms with E-state index < -0.39 is 0 Å². The molecule has 3 aromatic rings. The maximum atomic E-state index is 14.5. The summed E-state index contributed by atoms with van der Waals surface area (Å²) in [6, 6.07) is 12.4. The highest BCUT2D eigenvalue weighted by molar-refractivity contribution is 5.93. The second kappa shape index (κ2) is 7.92. The number of hydrogen-bond acceptors (Lipinski definition) is 3. The van der Waals surface area contributed by atoms with Crippen molar-refractivity contribution < 1.29 is 9.18 Å². The van der Waals surface area contributed by atoms with Gasteiger partial charge in [0.1, 0.15) is 11.6 Å². The molecular formula is C22H23FN4O. The lowest BCUT2D eigenvalue weighted by molar-refractivity contribution is -0.115. The first-order valence-electron chi connectivity index (χ1n) is 9.68. The Morgan fingerprint density at radius 2 is 2.00 bits per heavy atom. The molecule has 4 rings (SSSR count). The number of carbonyl (C=O) groups is 1. The lowest BCUT2D eigenvalue weighted by Gasteiger charge is -2.11. The Bertz CT molecular complexity index is 1010. The van der Waals surface area contributed by atoms with Crippen molar-refractivity contribution in [2.24, 2.45) is 0 Å². The van der Waals surface area contributed by atoms with Gasteiger partial charge in [-0.15, -0.1) is 10.2 Å². The Morgan fingerprint density at radius 1 is 1.14 bits per heavy atom. The van der Waals surface area contributed by atoms with E-state index in [2.05, 4.69) is 15.5 Å². The lowest BCUT2D eigenvalue weighted by Crippen LogP contribution is -2.15. The number of amides is 1. The molecule has 0 unspecified atom stereocenters. The predicted octanol–water partition coefficient (Wildman–Crippen LogP) is 4.30. The van der Waals surface area contributed by atoms with Crippen LogP contribution in [0.1, 0.15) is 36.2 Å². The second-order valence-corrected chi connectivity index (χ2v) is 7.25. The van der Waals surface area contributed by atoms with Gasteiger partial charge in [-0.3, -0.25) is 4.79 Å². The molecule has 6 heteroatoms. The van der Waals surface area contributed by atoms with Gasteiger partial charge in [0.05, 0.1) is 12.0 Å². The van der Waals surface area contributed by atoms with Gasteiger partial charge in [0.2, 0.25) is 5.91 Å². The number of carbonyl (C=O) groups excluding carboxylic acids is 1. The fraction of sp³-hybridized carbons (Fsp3) is 0.318. The van der Waals surface area contributed by atoms with E-state index in [0.29, 0.717) is 17.1 Å². The molecule has 0 aliphatic carbocycles. The van der Waals surface area contributed by atoms with Gasteiger partial charge >= 0.3 is 0 Å². The fourth-order valence-electron chi connectivity index (χ4n) is 3.65. The molecule has 0 saturated carbocycles. The largest absolute Gasteiger partial charge is 0.326 e. The van der Waals surface area contributed by atoms with E-state index in [4.69, 9.17) is 0 Å². The van der Waals surface area contributed by atoms with Crippen molar-refractivity contribution in [2.75, 3.05) is 5.32 Å². The molecule has 144 valence electrons. The number of nitrogens with one attached hydrogen (secondary N) is 1. The van der Waals surface area contributed by atoms with Crippen LogP contribution in [0.2, 0.25) is 0 Å². The van der Waals surface area contributed by atoms with E-state index in [1.165, 1.54) is 6.07 Å². The molecule has 2 aromatic carbocycles. The highest BCUT2D eigenvalue weighted by Crippen LogP contribution is 2.27. The third kappa shape index (κ3) is 3.81. The van der Waals surface area contributed by atoms with E-state index in [0.717, 1.165) is 49.2 Å². The molecule has 1 aliphatic heterocycles. The number of benzene rings is 2. The van der Waals surface area contributed by atoms with Gasteiger partial charge < -0.3 is 9.88 Å². The van der Waals surface area contributed by atoms with Crippen LogP contribution in [0.3, 0.4) is 0 Å². The molecule has 0 radical (unpaired) electrons. The van der Waals surface area contributed by atoms with E-state index in [1.54, 1.807) is 12.1 Å². The predicted molar refractivity (Wildman–Crippen MR) is 106 cm³/mol. The standard InChI is InChI=1S/C22H23FN4O/c1-15-7-4-5-8-16(15)13-21(28)24-17-10-11-19(23)18(14-17)22-26-25-20-9-3-2-6-12-27(20)22/h4-5,7-8,10-11,14H,2-3,6,9,12-13H2,1H3,(H,24,28). The van der Waals surface area contributed by atoms with Crippen LogP contribution in [0.5, 0.6) is 0 Å². The molecule has 1 amide bonds. The smallest absolute Gasteiger partial charge is 0.228 e. The fourth-order valence-corrected chi connectivity index (χ4v) is 3.65. The number of fused-ring (bicyclic) bond motifs is 1. The molecule has 5 nitrogen and oxygen atoms in total. The van der Waals surface area contributed by atoms with Crippen molar-refractivity contribution in [3.05, 3.63) is 65.2 Å². The first-order chi connectivity index (χ1) is 13.6. The highest BCUT2D eigenvalue weighted by atomic mass is 19.1. The highest BCUT2D eigenvalue weighted by Gasteiger charge is 2.19.